The van der Waals surface area contributed by atoms with Crippen LogP contribution in [0.5, 0.6) is 0 Å². The minimum Gasteiger partial charge on any atom is -0.356 e. The second-order valence-corrected chi connectivity index (χ2v) is 4.51. The van der Waals surface area contributed by atoms with Crippen molar-refractivity contribution in [2.45, 2.75) is 19.9 Å². The monoisotopic (exact) mass is 273 g/mol. The van der Waals surface area contributed by atoms with Crippen molar-refractivity contribution in [2.24, 2.45) is 0 Å². The van der Waals surface area contributed by atoms with E-state index in [1.165, 1.54) is 0 Å². The number of carbonyl (C=O) groups is 1. The van der Waals surface area contributed by atoms with E-state index in [2.05, 4.69) is 45.4 Å². The lowest BCUT2D eigenvalue weighted by atomic mass is 10.4. The van der Waals surface area contributed by atoms with Gasteiger partial charge in [-0.25, -0.2) is 0 Å². The molecule has 5 heteroatoms. The Morgan fingerprint density at radius 2 is 2.27 bits per heavy atom. The molecule has 0 radical (unpaired) electrons. The minimum absolute atomic E-state index is 0.0775. The molecule has 0 aliphatic carbocycles. The maximum absolute atomic E-state index is 11.5. The highest BCUT2D eigenvalue weighted by Gasteiger charge is 2.06. The summed E-state index contributed by atoms with van der Waals surface area (Å²) >= 11 is 3.28. The second kappa shape index (κ2) is 5.92. The van der Waals surface area contributed by atoms with Gasteiger partial charge >= 0.3 is 0 Å². The highest BCUT2D eigenvalue weighted by Crippen LogP contribution is 2.09. The molecule has 1 aromatic heterocycles. The topological polar surface area (TPSA) is 56.9 Å². The molecule has 1 heterocycles. The van der Waals surface area contributed by atoms with Crippen LogP contribution in [0.25, 0.3) is 0 Å². The number of carbonyl (C=O) groups excluding carboxylic acids is 1. The third-order valence-corrected chi connectivity index (χ3v) is 2.31. The number of H-pyrrole nitrogens is 1. The molecule has 0 bridgehead atoms. The van der Waals surface area contributed by atoms with E-state index in [1.807, 2.05) is 0 Å². The first kappa shape index (κ1) is 12.3. The highest BCUT2D eigenvalue weighted by atomic mass is 79.9. The van der Waals surface area contributed by atoms with Gasteiger partial charge in [-0.05, 0) is 22.0 Å². The van der Waals surface area contributed by atoms with E-state index in [4.69, 9.17) is 0 Å². The van der Waals surface area contributed by atoms with Crippen LogP contribution in [0.3, 0.4) is 0 Å². The smallest absolute Gasteiger partial charge is 0.267 e. The molecule has 0 atom stereocenters. The molecule has 0 aromatic carbocycles. The number of amides is 1. The average molecular weight is 274 g/mol. The van der Waals surface area contributed by atoms with Crippen LogP contribution in [0.2, 0.25) is 0 Å². The molecule has 3 N–H and O–H groups in total. The maximum Gasteiger partial charge on any atom is 0.267 e. The lowest BCUT2D eigenvalue weighted by Crippen LogP contribution is -2.34. The molecule has 1 amide bonds. The SMILES string of the molecule is CC(C)NCCNC(=O)c1cc(Br)c[nH]1. The van der Waals surface area contributed by atoms with Crippen LogP contribution in [0.15, 0.2) is 16.7 Å². The number of aromatic nitrogens is 1. The van der Waals surface area contributed by atoms with Crippen molar-refractivity contribution in [1.29, 1.82) is 0 Å². The molecule has 4 nitrogen and oxygen atoms in total. The van der Waals surface area contributed by atoms with Crippen molar-refractivity contribution in [3.63, 3.8) is 0 Å². The van der Waals surface area contributed by atoms with Gasteiger partial charge in [0.25, 0.3) is 5.91 Å². The molecular weight excluding hydrogens is 258 g/mol. The number of aromatic amines is 1. The van der Waals surface area contributed by atoms with Crippen LogP contribution >= 0.6 is 15.9 Å². The van der Waals surface area contributed by atoms with Gasteiger partial charge < -0.3 is 15.6 Å². The van der Waals surface area contributed by atoms with Crippen LogP contribution in [0, 0.1) is 0 Å². The number of rotatable bonds is 5. The van der Waals surface area contributed by atoms with Gasteiger partial charge in [-0.1, -0.05) is 13.8 Å². The first-order chi connectivity index (χ1) is 7.09. The molecule has 1 rings (SSSR count). The normalized spacial score (nSPS) is 10.7. The minimum atomic E-state index is -0.0775. The van der Waals surface area contributed by atoms with Crippen molar-refractivity contribution in [3.8, 4) is 0 Å². The van der Waals surface area contributed by atoms with Crippen LogP contribution in [-0.4, -0.2) is 30.0 Å². The summed E-state index contributed by atoms with van der Waals surface area (Å²) in [5, 5.41) is 6.04. The van der Waals surface area contributed by atoms with Crippen LogP contribution in [0.1, 0.15) is 24.3 Å². The van der Waals surface area contributed by atoms with Gasteiger partial charge in [0.05, 0.1) is 0 Å². The van der Waals surface area contributed by atoms with Crippen LogP contribution in [-0.2, 0) is 0 Å². The molecule has 0 spiro atoms. The maximum atomic E-state index is 11.5. The van der Waals surface area contributed by atoms with E-state index in [0.29, 0.717) is 18.3 Å². The number of nitrogens with one attached hydrogen (secondary N) is 3. The van der Waals surface area contributed by atoms with Crippen LogP contribution in [0.4, 0.5) is 0 Å². The first-order valence-corrected chi connectivity index (χ1v) is 5.74. The summed E-state index contributed by atoms with van der Waals surface area (Å²) < 4.78 is 0.882. The summed E-state index contributed by atoms with van der Waals surface area (Å²) in [6.45, 7) is 5.56. The van der Waals surface area contributed by atoms with E-state index in [9.17, 15) is 4.79 Å². The predicted molar refractivity (Wildman–Crippen MR) is 64.0 cm³/mol. The highest BCUT2D eigenvalue weighted by molar-refractivity contribution is 9.10. The molecule has 84 valence electrons. The largest absolute Gasteiger partial charge is 0.356 e. The Kier molecular flexibility index (Phi) is 4.84. The molecule has 0 aliphatic rings. The third-order valence-electron chi connectivity index (χ3n) is 1.86. The van der Waals surface area contributed by atoms with E-state index < -0.39 is 0 Å². The quantitative estimate of drug-likeness (QED) is 0.713. The zero-order chi connectivity index (χ0) is 11.3. The molecule has 0 fully saturated rings. The van der Waals surface area contributed by atoms with Crippen molar-refractivity contribution >= 4 is 21.8 Å². The molecule has 0 unspecified atom stereocenters. The van der Waals surface area contributed by atoms with E-state index in [-0.39, 0.29) is 5.91 Å². The Hall–Kier alpha value is -0.810. The first-order valence-electron chi connectivity index (χ1n) is 4.95. The Bertz CT molecular complexity index is 322. The molecule has 0 saturated carbocycles. The number of hydrogen-bond acceptors (Lipinski definition) is 2. The Morgan fingerprint density at radius 1 is 1.53 bits per heavy atom. The van der Waals surface area contributed by atoms with Crippen LogP contribution < -0.4 is 10.6 Å². The standard InChI is InChI=1S/C10H16BrN3O/c1-7(2)12-3-4-13-10(15)9-5-8(11)6-14-9/h5-7,12,14H,3-4H2,1-2H3,(H,13,15). The predicted octanol–water partition coefficient (Wildman–Crippen LogP) is 1.50. The summed E-state index contributed by atoms with van der Waals surface area (Å²) in [5.41, 5.74) is 0.575. The Labute approximate surface area is 98.0 Å². The van der Waals surface area contributed by atoms with Crippen molar-refractivity contribution in [2.75, 3.05) is 13.1 Å². The van der Waals surface area contributed by atoms with Crippen molar-refractivity contribution in [3.05, 3.63) is 22.4 Å². The van der Waals surface area contributed by atoms with Gasteiger partial charge in [-0.15, -0.1) is 0 Å². The molecule has 1 aromatic rings. The third kappa shape index (κ3) is 4.48. The number of halogens is 1. The summed E-state index contributed by atoms with van der Waals surface area (Å²) in [6, 6.07) is 2.20. The second-order valence-electron chi connectivity index (χ2n) is 3.60. The van der Waals surface area contributed by atoms with Gasteiger partial charge in [0.1, 0.15) is 5.69 Å². The van der Waals surface area contributed by atoms with E-state index >= 15 is 0 Å². The summed E-state index contributed by atoms with van der Waals surface area (Å²) in [4.78, 5) is 14.4. The zero-order valence-electron chi connectivity index (χ0n) is 8.93. The molecule has 15 heavy (non-hydrogen) atoms. The number of hydrogen-bond donors (Lipinski definition) is 3. The zero-order valence-corrected chi connectivity index (χ0v) is 10.5. The van der Waals surface area contributed by atoms with Crippen molar-refractivity contribution < 1.29 is 4.79 Å². The molecule has 0 saturated heterocycles. The summed E-state index contributed by atoms with van der Waals surface area (Å²) in [7, 11) is 0. The Balaban J connectivity index is 2.25. The lowest BCUT2D eigenvalue weighted by Gasteiger charge is -2.08. The fraction of sp³-hybridized carbons (Fsp3) is 0.500. The summed E-state index contributed by atoms with van der Waals surface area (Å²) in [6.07, 6.45) is 1.74. The summed E-state index contributed by atoms with van der Waals surface area (Å²) in [5.74, 6) is -0.0775. The van der Waals surface area contributed by atoms with Gasteiger partial charge in [0.2, 0.25) is 0 Å². The molecule has 0 aliphatic heterocycles. The average Bonchev–Trinajstić information content (AvgIpc) is 2.59. The van der Waals surface area contributed by atoms with Gasteiger partial charge in [0, 0.05) is 29.8 Å². The van der Waals surface area contributed by atoms with E-state index in [0.717, 1.165) is 11.0 Å². The fourth-order valence-electron chi connectivity index (χ4n) is 1.13. The fourth-order valence-corrected chi connectivity index (χ4v) is 1.47. The van der Waals surface area contributed by atoms with Gasteiger partial charge in [-0.2, -0.15) is 0 Å². The van der Waals surface area contributed by atoms with E-state index in [1.54, 1.807) is 12.3 Å². The van der Waals surface area contributed by atoms with Gasteiger partial charge in [0.15, 0.2) is 0 Å². The Morgan fingerprint density at radius 3 is 2.80 bits per heavy atom. The molecular formula is C10H16BrN3O. The lowest BCUT2D eigenvalue weighted by molar-refractivity contribution is 0.0949. The van der Waals surface area contributed by atoms with Gasteiger partial charge in [-0.3, -0.25) is 4.79 Å². The van der Waals surface area contributed by atoms with Crippen molar-refractivity contribution in [1.82, 2.24) is 15.6 Å².